The Morgan fingerprint density at radius 1 is 1.24 bits per heavy atom. The summed E-state index contributed by atoms with van der Waals surface area (Å²) in [5.74, 6) is -1.23. The zero-order chi connectivity index (χ0) is 12.6. The largest absolute Gasteiger partial charge is 0.387 e. The molecule has 6 atom stereocenters. The third-order valence-electron chi connectivity index (χ3n) is 3.10. The topological polar surface area (TPSA) is 86.6 Å². The summed E-state index contributed by atoms with van der Waals surface area (Å²) in [6.07, 6.45) is -4.38. The minimum atomic E-state index is -1.23. The van der Waals surface area contributed by atoms with Crippen molar-refractivity contribution in [3.63, 3.8) is 0 Å². The highest BCUT2D eigenvalue weighted by molar-refractivity contribution is 4.92. The molecule has 7 nitrogen and oxygen atoms in total. The number of aliphatic hydroxyl groups excluding tert-OH is 2. The van der Waals surface area contributed by atoms with Gasteiger partial charge in [0.05, 0.1) is 6.61 Å². The van der Waals surface area contributed by atoms with Crippen LogP contribution in [-0.4, -0.2) is 67.7 Å². The summed E-state index contributed by atoms with van der Waals surface area (Å²) >= 11 is 0. The second-order valence-electron chi connectivity index (χ2n) is 4.22. The number of ether oxygens (including phenoxy) is 5. The van der Waals surface area contributed by atoms with Crippen molar-refractivity contribution in [2.75, 3.05) is 20.8 Å². The summed E-state index contributed by atoms with van der Waals surface area (Å²) in [6.45, 7) is 1.78. The fraction of sp³-hybridized carbons (Fsp3) is 1.00. The molecular formula is C10H18O7. The van der Waals surface area contributed by atoms with Crippen molar-refractivity contribution >= 4 is 0 Å². The Labute approximate surface area is 99.2 Å². The third kappa shape index (κ3) is 2.32. The molecule has 0 saturated carbocycles. The van der Waals surface area contributed by atoms with Crippen LogP contribution in [0, 0.1) is 0 Å². The Bertz CT molecular complexity index is 271. The molecule has 0 aromatic heterocycles. The summed E-state index contributed by atoms with van der Waals surface area (Å²) in [7, 11) is 2.83. The van der Waals surface area contributed by atoms with Gasteiger partial charge in [-0.1, -0.05) is 0 Å². The molecule has 1 unspecified atom stereocenters. The SMILES string of the molecule is CO[C@H]1O[C@@H]2COC(C)(OC)O[C@@H]2[C@H](O)[C@H]1O. The molecule has 0 bridgehead atoms. The van der Waals surface area contributed by atoms with E-state index in [2.05, 4.69) is 0 Å². The van der Waals surface area contributed by atoms with E-state index < -0.39 is 36.7 Å². The Balaban J connectivity index is 2.11. The summed E-state index contributed by atoms with van der Waals surface area (Å²) in [4.78, 5) is 0. The van der Waals surface area contributed by atoms with Crippen LogP contribution in [0.15, 0.2) is 0 Å². The van der Waals surface area contributed by atoms with E-state index in [1.807, 2.05) is 0 Å². The summed E-state index contributed by atoms with van der Waals surface area (Å²) in [5.41, 5.74) is 0. The number of aliphatic hydroxyl groups is 2. The van der Waals surface area contributed by atoms with E-state index in [1.54, 1.807) is 6.92 Å². The van der Waals surface area contributed by atoms with E-state index in [9.17, 15) is 10.2 Å². The number of methoxy groups -OCH3 is 2. The van der Waals surface area contributed by atoms with Gasteiger partial charge in [-0.25, -0.2) is 0 Å². The molecule has 17 heavy (non-hydrogen) atoms. The van der Waals surface area contributed by atoms with Crippen LogP contribution in [0.1, 0.15) is 6.92 Å². The summed E-state index contributed by atoms with van der Waals surface area (Å²) in [6, 6.07) is 0. The molecule has 0 aliphatic carbocycles. The summed E-state index contributed by atoms with van der Waals surface area (Å²) < 4.78 is 26.2. The van der Waals surface area contributed by atoms with Crippen LogP contribution in [0.25, 0.3) is 0 Å². The minimum Gasteiger partial charge on any atom is -0.387 e. The van der Waals surface area contributed by atoms with Crippen LogP contribution in [0.3, 0.4) is 0 Å². The van der Waals surface area contributed by atoms with E-state index >= 15 is 0 Å². The summed E-state index contributed by atoms with van der Waals surface area (Å²) in [5, 5.41) is 19.7. The molecule has 7 heteroatoms. The van der Waals surface area contributed by atoms with Gasteiger partial charge in [0, 0.05) is 21.1 Å². The minimum absolute atomic E-state index is 0.193. The van der Waals surface area contributed by atoms with Crippen LogP contribution in [0.2, 0.25) is 0 Å². The molecule has 100 valence electrons. The zero-order valence-electron chi connectivity index (χ0n) is 10.0. The molecular weight excluding hydrogens is 232 g/mol. The third-order valence-corrected chi connectivity index (χ3v) is 3.10. The van der Waals surface area contributed by atoms with Gasteiger partial charge in [-0.2, -0.15) is 0 Å². The van der Waals surface area contributed by atoms with Gasteiger partial charge in [0.25, 0.3) is 5.97 Å². The lowest BCUT2D eigenvalue weighted by Crippen LogP contribution is -2.65. The molecule has 0 aromatic rings. The Morgan fingerprint density at radius 3 is 2.53 bits per heavy atom. The average Bonchev–Trinajstić information content (AvgIpc) is 2.34. The highest BCUT2D eigenvalue weighted by Crippen LogP contribution is 2.32. The van der Waals surface area contributed by atoms with Crippen LogP contribution in [0.5, 0.6) is 0 Å². The number of hydrogen-bond acceptors (Lipinski definition) is 7. The monoisotopic (exact) mass is 250 g/mol. The molecule has 2 saturated heterocycles. The molecule has 2 aliphatic rings. The van der Waals surface area contributed by atoms with Gasteiger partial charge in [0.1, 0.15) is 24.4 Å². The average molecular weight is 250 g/mol. The Hall–Kier alpha value is -0.280. The fourth-order valence-electron chi connectivity index (χ4n) is 2.00. The van der Waals surface area contributed by atoms with Crippen molar-refractivity contribution in [3.05, 3.63) is 0 Å². The standard InChI is InChI=1S/C10H18O7/c1-10(14-3)15-4-5-8(17-10)6(11)7(12)9(13-2)16-5/h5-9,11-12H,4H2,1-3H3/t5-,6-,7-,8+,9+,10?/m1/s1. The number of fused-ring (bicyclic) bond motifs is 1. The van der Waals surface area contributed by atoms with Crippen molar-refractivity contribution in [1.29, 1.82) is 0 Å². The van der Waals surface area contributed by atoms with Gasteiger partial charge < -0.3 is 33.9 Å². The highest BCUT2D eigenvalue weighted by Gasteiger charge is 2.51. The number of hydrogen-bond donors (Lipinski definition) is 2. The highest BCUT2D eigenvalue weighted by atomic mass is 16.9. The Kier molecular flexibility index (Phi) is 3.69. The number of rotatable bonds is 2. The van der Waals surface area contributed by atoms with E-state index in [-0.39, 0.29) is 6.61 Å². The molecule has 2 fully saturated rings. The van der Waals surface area contributed by atoms with Gasteiger partial charge in [0.15, 0.2) is 6.29 Å². The zero-order valence-corrected chi connectivity index (χ0v) is 10.0. The first-order valence-electron chi connectivity index (χ1n) is 5.42. The second-order valence-corrected chi connectivity index (χ2v) is 4.22. The van der Waals surface area contributed by atoms with E-state index in [0.29, 0.717) is 0 Å². The molecule has 0 spiro atoms. The molecule has 0 amide bonds. The maximum absolute atomic E-state index is 9.96. The Morgan fingerprint density at radius 2 is 1.94 bits per heavy atom. The first-order valence-corrected chi connectivity index (χ1v) is 5.42. The second kappa shape index (κ2) is 4.77. The van der Waals surface area contributed by atoms with Crippen LogP contribution in [0.4, 0.5) is 0 Å². The van der Waals surface area contributed by atoms with Crippen molar-refractivity contribution < 1.29 is 33.9 Å². The maximum atomic E-state index is 9.96. The fourth-order valence-corrected chi connectivity index (χ4v) is 2.00. The molecule has 2 heterocycles. The molecule has 2 aliphatic heterocycles. The first kappa shape index (κ1) is 13.2. The van der Waals surface area contributed by atoms with Crippen molar-refractivity contribution in [1.82, 2.24) is 0 Å². The quantitative estimate of drug-likeness (QED) is 0.637. The van der Waals surface area contributed by atoms with Gasteiger partial charge in [-0.3, -0.25) is 0 Å². The van der Waals surface area contributed by atoms with Gasteiger partial charge in [-0.05, 0) is 0 Å². The van der Waals surface area contributed by atoms with Gasteiger partial charge in [0.2, 0.25) is 0 Å². The van der Waals surface area contributed by atoms with Crippen LogP contribution < -0.4 is 0 Å². The predicted molar refractivity (Wildman–Crippen MR) is 53.9 cm³/mol. The molecule has 2 rings (SSSR count). The van der Waals surface area contributed by atoms with E-state index in [0.717, 1.165) is 0 Å². The van der Waals surface area contributed by atoms with Crippen LogP contribution >= 0.6 is 0 Å². The van der Waals surface area contributed by atoms with E-state index in [4.69, 9.17) is 23.7 Å². The van der Waals surface area contributed by atoms with Crippen LogP contribution in [-0.2, 0) is 23.7 Å². The lowest BCUT2D eigenvalue weighted by molar-refractivity contribution is -0.447. The molecule has 2 N–H and O–H groups in total. The molecule has 0 aromatic carbocycles. The smallest absolute Gasteiger partial charge is 0.280 e. The first-order chi connectivity index (χ1) is 8.00. The lowest BCUT2D eigenvalue weighted by Gasteiger charge is -2.48. The maximum Gasteiger partial charge on any atom is 0.280 e. The van der Waals surface area contributed by atoms with Crippen molar-refractivity contribution in [3.8, 4) is 0 Å². The van der Waals surface area contributed by atoms with Gasteiger partial charge in [-0.15, -0.1) is 0 Å². The predicted octanol–water partition coefficient (Wildman–Crippen LogP) is -1.18. The normalized spacial score (nSPS) is 51.0. The van der Waals surface area contributed by atoms with Crippen molar-refractivity contribution in [2.24, 2.45) is 0 Å². The lowest BCUT2D eigenvalue weighted by atomic mass is 9.98. The van der Waals surface area contributed by atoms with Crippen molar-refractivity contribution in [2.45, 2.75) is 43.6 Å². The van der Waals surface area contributed by atoms with E-state index in [1.165, 1.54) is 14.2 Å². The molecule has 0 radical (unpaired) electrons. The van der Waals surface area contributed by atoms with Gasteiger partial charge >= 0.3 is 0 Å².